The van der Waals surface area contributed by atoms with Gasteiger partial charge in [-0.25, -0.2) is 9.97 Å². The number of fused-ring (bicyclic) bond motifs is 2. The third kappa shape index (κ3) is 3.08. The average molecular weight is 420 g/mol. The second kappa shape index (κ2) is 7.11. The molecule has 2 N–H and O–H groups in total. The summed E-state index contributed by atoms with van der Waals surface area (Å²) in [6.45, 7) is 0. The minimum absolute atomic E-state index is 0.00715. The van der Waals surface area contributed by atoms with Crippen LogP contribution in [0.3, 0.4) is 0 Å². The Hall–Kier alpha value is -3.44. The van der Waals surface area contributed by atoms with Crippen LogP contribution < -0.4 is 5.32 Å². The Morgan fingerprint density at radius 3 is 3.07 bits per heavy atom. The molecule has 2 atom stereocenters. The second-order valence-electron chi connectivity index (χ2n) is 7.60. The molecule has 0 saturated heterocycles. The number of aryl methyl sites for hydroxylation is 1. The van der Waals surface area contributed by atoms with Crippen molar-refractivity contribution in [1.82, 2.24) is 30.0 Å². The molecule has 5 rings (SSSR count). The number of halogens is 1. The van der Waals surface area contributed by atoms with Gasteiger partial charge in [0.15, 0.2) is 5.65 Å². The highest BCUT2D eigenvalue weighted by atomic mass is 35.5. The third-order valence-corrected chi connectivity index (χ3v) is 5.87. The third-order valence-electron chi connectivity index (χ3n) is 5.63. The molecule has 0 bridgehead atoms. The number of benzene rings is 1. The number of nitrogens with zero attached hydrogens (tertiary/aromatic N) is 5. The number of hydrogen-bond donors (Lipinski definition) is 2. The predicted molar refractivity (Wildman–Crippen MR) is 113 cm³/mol. The zero-order valence-electron chi connectivity index (χ0n) is 16.2. The van der Waals surface area contributed by atoms with E-state index in [-0.39, 0.29) is 17.9 Å². The van der Waals surface area contributed by atoms with Crippen LogP contribution in [0.25, 0.3) is 33.5 Å². The summed E-state index contributed by atoms with van der Waals surface area (Å²) in [7, 11) is 1.85. The molecule has 150 valence electrons. The first-order valence-corrected chi connectivity index (χ1v) is 10.1. The van der Waals surface area contributed by atoms with Crippen molar-refractivity contribution in [2.75, 3.05) is 0 Å². The van der Waals surface area contributed by atoms with Gasteiger partial charge in [-0.2, -0.15) is 10.4 Å². The second-order valence-corrected chi connectivity index (χ2v) is 8.03. The maximum Gasteiger partial charge on any atom is 0.255 e. The Labute approximate surface area is 176 Å². The molecule has 9 heteroatoms. The smallest absolute Gasteiger partial charge is 0.255 e. The molecule has 0 radical (unpaired) electrons. The standard InChI is InChI=1S/C21H18ClN7O/c1-29-17-7-12(22)3-5-14(17)18(28-29)16-10-25-20-19(27-16)15(9-24-20)21(30)26-13-4-2-11(6-13)8-23/h3,5,7,9-11,13H,2,4,6H2,1H3,(H,24,25)(H,26,30)/t11?,13-/m1/s1. The fourth-order valence-electron chi connectivity index (χ4n) is 4.09. The van der Waals surface area contributed by atoms with Gasteiger partial charge in [0.05, 0.1) is 23.3 Å². The molecule has 8 nitrogen and oxygen atoms in total. The highest BCUT2D eigenvalue weighted by Gasteiger charge is 2.27. The molecule has 30 heavy (non-hydrogen) atoms. The maximum absolute atomic E-state index is 12.9. The Bertz CT molecular complexity index is 1330. The van der Waals surface area contributed by atoms with Gasteiger partial charge in [0.1, 0.15) is 16.9 Å². The topological polar surface area (TPSA) is 112 Å². The van der Waals surface area contributed by atoms with Gasteiger partial charge in [-0.3, -0.25) is 9.48 Å². The largest absolute Gasteiger partial charge is 0.349 e. The summed E-state index contributed by atoms with van der Waals surface area (Å²) in [6, 6.07) is 7.86. The van der Waals surface area contributed by atoms with E-state index in [0.29, 0.717) is 39.6 Å². The minimum atomic E-state index is -0.214. The monoisotopic (exact) mass is 419 g/mol. The van der Waals surface area contributed by atoms with Crippen LogP contribution in [0, 0.1) is 17.2 Å². The molecule has 1 unspecified atom stereocenters. The minimum Gasteiger partial charge on any atom is -0.349 e. The van der Waals surface area contributed by atoms with E-state index >= 15 is 0 Å². The van der Waals surface area contributed by atoms with Crippen LogP contribution in [0.2, 0.25) is 5.02 Å². The number of carbonyl (C=O) groups is 1. The van der Waals surface area contributed by atoms with E-state index in [0.717, 1.165) is 23.7 Å². The van der Waals surface area contributed by atoms with Gasteiger partial charge in [-0.05, 0) is 37.5 Å². The van der Waals surface area contributed by atoms with Crippen molar-refractivity contribution in [2.45, 2.75) is 25.3 Å². The summed E-state index contributed by atoms with van der Waals surface area (Å²) in [6.07, 6.45) is 5.58. The van der Waals surface area contributed by atoms with Crippen molar-refractivity contribution in [1.29, 1.82) is 5.26 Å². The Morgan fingerprint density at radius 2 is 2.27 bits per heavy atom. The van der Waals surface area contributed by atoms with Crippen molar-refractivity contribution in [3.63, 3.8) is 0 Å². The van der Waals surface area contributed by atoms with Crippen LogP contribution in [0.4, 0.5) is 0 Å². The molecule has 1 amide bonds. The van der Waals surface area contributed by atoms with Crippen molar-refractivity contribution in [3.05, 3.63) is 41.2 Å². The zero-order valence-corrected chi connectivity index (χ0v) is 16.9. The predicted octanol–water partition coefficient (Wildman–Crippen LogP) is 3.59. The first-order chi connectivity index (χ1) is 14.5. The van der Waals surface area contributed by atoms with E-state index < -0.39 is 0 Å². The number of nitrogens with one attached hydrogen (secondary N) is 2. The van der Waals surface area contributed by atoms with Gasteiger partial charge in [0.2, 0.25) is 0 Å². The van der Waals surface area contributed by atoms with Gasteiger partial charge < -0.3 is 10.3 Å². The summed E-state index contributed by atoms with van der Waals surface area (Å²) in [5, 5.41) is 18.2. The van der Waals surface area contributed by atoms with E-state index in [4.69, 9.17) is 21.8 Å². The van der Waals surface area contributed by atoms with E-state index in [1.807, 2.05) is 25.2 Å². The number of H-pyrrole nitrogens is 1. The Kier molecular flexibility index (Phi) is 4.40. The van der Waals surface area contributed by atoms with Crippen LogP contribution in [-0.4, -0.2) is 36.7 Å². The number of nitriles is 1. The fraction of sp³-hybridized carbons (Fsp3) is 0.286. The fourth-order valence-corrected chi connectivity index (χ4v) is 4.26. The Morgan fingerprint density at radius 1 is 1.40 bits per heavy atom. The van der Waals surface area contributed by atoms with Crippen molar-refractivity contribution >= 4 is 39.6 Å². The van der Waals surface area contributed by atoms with Crippen LogP contribution in [0.1, 0.15) is 29.6 Å². The van der Waals surface area contributed by atoms with E-state index in [9.17, 15) is 4.79 Å². The van der Waals surface area contributed by atoms with E-state index in [1.54, 1.807) is 17.1 Å². The lowest BCUT2D eigenvalue weighted by Gasteiger charge is -2.11. The lowest BCUT2D eigenvalue weighted by Crippen LogP contribution is -2.32. The average Bonchev–Trinajstić information content (AvgIpc) is 3.45. The summed E-state index contributed by atoms with van der Waals surface area (Å²) in [5.41, 5.74) is 3.61. The van der Waals surface area contributed by atoms with Gasteiger partial charge in [0.25, 0.3) is 5.91 Å². The quantitative estimate of drug-likeness (QED) is 0.527. The molecule has 0 aliphatic heterocycles. The summed E-state index contributed by atoms with van der Waals surface area (Å²) in [5.74, 6) is -0.204. The van der Waals surface area contributed by atoms with Gasteiger partial charge in [-0.1, -0.05) is 11.6 Å². The summed E-state index contributed by atoms with van der Waals surface area (Å²) >= 11 is 6.12. The van der Waals surface area contributed by atoms with Crippen LogP contribution in [0.15, 0.2) is 30.6 Å². The van der Waals surface area contributed by atoms with Crippen LogP contribution in [0.5, 0.6) is 0 Å². The molecule has 1 fully saturated rings. The van der Waals surface area contributed by atoms with E-state index in [1.165, 1.54) is 0 Å². The van der Waals surface area contributed by atoms with Gasteiger partial charge in [-0.15, -0.1) is 0 Å². The molecule has 3 aromatic heterocycles. The zero-order chi connectivity index (χ0) is 20.8. The molecule has 4 aromatic rings. The molecule has 1 aliphatic carbocycles. The normalized spacial score (nSPS) is 18.7. The number of rotatable bonds is 3. The highest BCUT2D eigenvalue weighted by molar-refractivity contribution is 6.31. The highest BCUT2D eigenvalue weighted by Crippen LogP contribution is 2.30. The lowest BCUT2D eigenvalue weighted by atomic mass is 10.1. The first kappa shape index (κ1) is 18.6. The SMILES string of the molecule is Cn1nc(-c2cnc3[nH]cc(C(=O)N[C@@H]4CCC(C#N)C4)c3n2)c2ccc(Cl)cc21. The number of aromatic nitrogens is 5. The molecule has 1 saturated carbocycles. The van der Waals surface area contributed by atoms with Crippen LogP contribution in [-0.2, 0) is 7.05 Å². The molecular weight excluding hydrogens is 402 g/mol. The summed E-state index contributed by atoms with van der Waals surface area (Å²) in [4.78, 5) is 25.0. The number of amides is 1. The Balaban J connectivity index is 1.51. The molecule has 1 aliphatic rings. The van der Waals surface area contributed by atoms with Crippen molar-refractivity contribution in [3.8, 4) is 17.5 Å². The van der Waals surface area contributed by atoms with Crippen molar-refractivity contribution < 1.29 is 4.79 Å². The first-order valence-electron chi connectivity index (χ1n) is 9.70. The molecule has 0 spiro atoms. The van der Waals surface area contributed by atoms with Gasteiger partial charge in [0, 0.05) is 35.6 Å². The molecule has 1 aromatic carbocycles. The van der Waals surface area contributed by atoms with Gasteiger partial charge >= 0.3 is 0 Å². The molecule has 3 heterocycles. The van der Waals surface area contributed by atoms with Crippen molar-refractivity contribution in [2.24, 2.45) is 13.0 Å². The number of aromatic amines is 1. The number of carbonyl (C=O) groups excluding carboxylic acids is 1. The number of hydrogen-bond acceptors (Lipinski definition) is 5. The van der Waals surface area contributed by atoms with E-state index in [2.05, 4.69) is 26.5 Å². The maximum atomic E-state index is 12.9. The lowest BCUT2D eigenvalue weighted by molar-refractivity contribution is 0.0939. The van der Waals surface area contributed by atoms with Crippen LogP contribution >= 0.6 is 11.6 Å². The summed E-state index contributed by atoms with van der Waals surface area (Å²) < 4.78 is 1.75. The molecular formula is C21H18ClN7O.